The molecule has 1 amide bonds. The molecule has 0 radical (unpaired) electrons. The first-order valence-corrected chi connectivity index (χ1v) is 9.15. The quantitative estimate of drug-likeness (QED) is 0.650. The molecule has 3 heterocycles. The fourth-order valence-electron chi connectivity index (χ4n) is 3.24. The summed E-state index contributed by atoms with van der Waals surface area (Å²) in [5, 5.41) is 6.94. The van der Waals surface area contributed by atoms with E-state index in [2.05, 4.69) is 28.4 Å². The van der Waals surface area contributed by atoms with Crippen molar-refractivity contribution in [1.82, 2.24) is 20.0 Å². The predicted molar refractivity (Wildman–Crippen MR) is 99.3 cm³/mol. The van der Waals surface area contributed by atoms with Gasteiger partial charge in [0.15, 0.2) is 5.76 Å². The summed E-state index contributed by atoms with van der Waals surface area (Å²) in [5.74, 6) is 1.54. The molecular formula is C20H22N4O3. The molecule has 0 fully saturated rings. The summed E-state index contributed by atoms with van der Waals surface area (Å²) in [6.45, 7) is 3.50. The van der Waals surface area contributed by atoms with Gasteiger partial charge in [-0.3, -0.25) is 4.79 Å². The fourth-order valence-corrected chi connectivity index (χ4v) is 3.24. The summed E-state index contributed by atoms with van der Waals surface area (Å²) in [6.07, 6.45) is 7.58. The molecule has 1 atom stereocenters. The minimum atomic E-state index is -0.0586. The van der Waals surface area contributed by atoms with E-state index in [9.17, 15) is 4.79 Å². The first-order valence-electron chi connectivity index (χ1n) is 9.15. The Labute approximate surface area is 157 Å². The molecule has 7 heteroatoms. The number of benzene rings is 1. The maximum Gasteiger partial charge on any atom is 0.226 e. The molecule has 1 aliphatic rings. The Balaban J connectivity index is 1.29. The van der Waals surface area contributed by atoms with Gasteiger partial charge < -0.3 is 19.1 Å². The maximum atomic E-state index is 12.1. The molecule has 4 rings (SSSR count). The molecule has 0 unspecified atom stereocenters. The minimum Gasteiger partial charge on any atom is -0.490 e. The monoisotopic (exact) mass is 366 g/mol. The third kappa shape index (κ3) is 4.19. The van der Waals surface area contributed by atoms with Gasteiger partial charge in [-0.15, -0.1) is 0 Å². The van der Waals surface area contributed by atoms with Crippen LogP contribution in [0.3, 0.4) is 0 Å². The molecule has 0 bridgehead atoms. The van der Waals surface area contributed by atoms with Crippen LogP contribution in [0.15, 0.2) is 47.5 Å². The molecule has 0 saturated carbocycles. The number of amides is 1. The highest BCUT2D eigenvalue weighted by molar-refractivity contribution is 5.78. The number of nitrogens with zero attached hydrogens (tertiary/aromatic N) is 3. The van der Waals surface area contributed by atoms with Gasteiger partial charge >= 0.3 is 0 Å². The first-order chi connectivity index (χ1) is 13.2. The van der Waals surface area contributed by atoms with Gasteiger partial charge in [-0.2, -0.15) is 0 Å². The topological polar surface area (TPSA) is 82.2 Å². The Morgan fingerprint density at radius 1 is 1.37 bits per heavy atom. The molecule has 0 aliphatic carbocycles. The number of rotatable bonds is 7. The first kappa shape index (κ1) is 17.3. The van der Waals surface area contributed by atoms with Crippen molar-refractivity contribution in [3.8, 4) is 17.1 Å². The van der Waals surface area contributed by atoms with Gasteiger partial charge in [0.05, 0.1) is 18.4 Å². The van der Waals surface area contributed by atoms with E-state index < -0.39 is 0 Å². The number of carbonyl (C=O) groups excluding carboxylic acids is 1. The zero-order chi connectivity index (χ0) is 18.6. The van der Waals surface area contributed by atoms with E-state index in [0.717, 1.165) is 30.7 Å². The van der Waals surface area contributed by atoms with E-state index in [1.54, 1.807) is 12.5 Å². The van der Waals surface area contributed by atoms with Crippen LogP contribution in [-0.2, 0) is 24.2 Å². The Hall–Kier alpha value is -3.09. The average molecular weight is 366 g/mol. The second kappa shape index (κ2) is 7.65. The van der Waals surface area contributed by atoms with Crippen LogP contribution in [0.4, 0.5) is 0 Å². The van der Waals surface area contributed by atoms with Crippen molar-refractivity contribution in [3.63, 3.8) is 0 Å². The number of imidazole rings is 1. The van der Waals surface area contributed by atoms with E-state index in [1.807, 2.05) is 29.0 Å². The molecule has 7 nitrogen and oxygen atoms in total. The van der Waals surface area contributed by atoms with Crippen LogP contribution in [0.25, 0.3) is 11.3 Å². The molecule has 140 valence electrons. The van der Waals surface area contributed by atoms with Gasteiger partial charge in [0.2, 0.25) is 5.91 Å². The SMILES string of the molecule is C[C@H]1Cc2cc(-c3cc(CC(=O)NCCCn4ccnc4)no3)ccc2O1. The second-order valence-electron chi connectivity index (χ2n) is 6.82. The van der Waals surface area contributed by atoms with Gasteiger partial charge in [-0.25, -0.2) is 4.98 Å². The molecule has 1 N–H and O–H groups in total. The van der Waals surface area contributed by atoms with Crippen molar-refractivity contribution in [2.24, 2.45) is 0 Å². The highest BCUT2D eigenvalue weighted by Crippen LogP contribution is 2.33. The minimum absolute atomic E-state index is 0.0586. The summed E-state index contributed by atoms with van der Waals surface area (Å²) in [4.78, 5) is 16.1. The normalized spacial score (nSPS) is 15.4. The van der Waals surface area contributed by atoms with Crippen molar-refractivity contribution in [3.05, 3.63) is 54.2 Å². The lowest BCUT2D eigenvalue weighted by Gasteiger charge is -2.04. The molecule has 1 aliphatic heterocycles. The zero-order valence-corrected chi connectivity index (χ0v) is 15.2. The third-order valence-electron chi connectivity index (χ3n) is 4.56. The van der Waals surface area contributed by atoms with E-state index in [1.165, 1.54) is 5.56 Å². The van der Waals surface area contributed by atoms with Crippen molar-refractivity contribution >= 4 is 5.91 Å². The van der Waals surface area contributed by atoms with E-state index in [4.69, 9.17) is 9.26 Å². The maximum absolute atomic E-state index is 12.1. The number of aromatic nitrogens is 3. The molecular weight excluding hydrogens is 344 g/mol. The fraction of sp³-hybridized carbons (Fsp3) is 0.350. The van der Waals surface area contributed by atoms with Gasteiger partial charge in [0, 0.05) is 43.5 Å². The molecule has 27 heavy (non-hydrogen) atoms. The van der Waals surface area contributed by atoms with E-state index in [-0.39, 0.29) is 18.4 Å². The smallest absolute Gasteiger partial charge is 0.226 e. The molecule has 2 aromatic heterocycles. The third-order valence-corrected chi connectivity index (χ3v) is 4.56. The Morgan fingerprint density at radius 2 is 2.30 bits per heavy atom. The standard InChI is InChI=1S/C20H22N4O3/c1-14-9-16-10-15(3-4-18(16)26-14)19-11-17(23-27-19)12-20(25)22-5-2-7-24-8-6-21-13-24/h3-4,6,8,10-11,13-14H,2,5,7,9,12H2,1H3,(H,22,25)/t14-/m0/s1. The van der Waals surface area contributed by atoms with Crippen LogP contribution < -0.4 is 10.1 Å². The lowest BCUT2D eigenvalue weighted by Crippen LogP contribution is -2.26. The van der Waals surface area contributed by atoms with Crippen LogP contribution >= 0.6 is 0 Å². The number of hydrogen-bond acceptors (Lipinski definition) is 5. The summed E-state index contributed by atoms with van der Waals surface area (Å²) >= 11 is 0. The van der Waals surface area contributed by atoms with E-state index >= 15 is 0 Å². The van der Waals surface area contributed by atoms with Gasteiger partial charge in [-0.05, 0) is 37.1 Å². The lowest BCUT2D eigenvalue weighted by atomic mass is 10.1. The zero-order valence-electron chi connectivity index (χ0n) is 15.2. The van der Waals surface area contributed by atoms with Crippen molar-refractivity contribution in [2.75, 3.05) is 6.54 Å². The number of aryl methyl sites for hydroxylation is 1. The van der Waals surface area contributed by atoms with Crippen LogP contribution in [0.2, 0.25) is 0 Å². The average Bonchev–Trinajstić information content (AvgIpc) is 3.38. The van der Waals surface area contributed by atoms with Crippen molar-refractivity contribution in [2.45, 2.75) is 38.8 Å². The van der Waals surface area contributed by atoms with Crippen molar-refractivity contribution < 1.29 is 14.1 Å². The van der Waals surface area contributed by atoms with Crippen LogP contribution in [0.5, 0.6) is 5.75 Å². The second-order valence-corrected chi connectivity index (χ2v) is 6.82. The summed E-state index contributed by atoms with van der Waals surface area (Å²) in [7, 11) is 0. The Morgan fingerprint density at radius 3 is 3.15 bits per heavy atom. The molecule has 3 aromatic rings. The van der Waals surface area contributed by atoms with Crippen LogP contribution in [-0.4, -0.2) is 33.3 Å². The molecule has 0 spiro atoms. The van der Waals surface area contributed by atoms with Crippen molar-refractivity contribution in [1.29, 1.82) is 0 Å². The number of nitrogens with one attached hydrogen (secondary N) is 1. The summed E-state index contributed by atoms with van der Waals surface area (Å²) in [6, 6.07) is 7.81. The Kier molecular flexibility index (Phi) is 4.91. The molecule has 1 aromatic carbocycles. The predicted octanol–water partition coefficient (Wildman–Crippen LogP) is 2.61. The highest BCUT2D eigenvalue weighted by Gasteiger charge is 2.20. The van der Waals surface area contributed by atoms with Gasteiger partial charge in [0.25, 0.3) is 0 Å². The van der Waals surface area contributed by atoms with Crippen LogP contribution in [0.1, 0.15) is 24.6 Å². The van der Waals surface area contributed by atoms with Gasteiger partial charge in [0.1, 0.15) is 11.9 Å². The van der Waals surface area contributed by atoms with Gasteiger partial charge in [-0.1, -0.05) is 5.16 Å². The largest absolute Gasteiger partial charge is 0.490 e. The highest BCUT2D eigenvalue weighted by atomic mass is 16.5. The number of fused-ring (bicyclic) bond motifs is 1. The number of ether oxygens (including phenoxy) is 1. The van der Waals surface area contributed by atoms with E-state index in [0.29, 0.717) is 18.0 Å². The molecule has 0 saturated heterocycles. The van der Waals surface area contributed by atoms with Crippen LogP contribution in [0, 0.1) is 0 Å². The number of hydrogen-bond donors (Lipinski definition) is 1. The lowest BCUT2D eigenvalue weighted by molar-refractivity contribution is -0.120. The summed E-state index contributed by atoms with van der Waals surface area (Å²) in [5.41, 5.74) is 2.75. The Bertz CT molecular complexity index is 917. The summed E-state index contributed by atoms with van der Waals surface area (Å²) < 4.78 is 13.1. The number of carbonyl (C=O) groups is 1.